The number of likely N-dealkylation sites (N-methyl/N-ethyl adjacent to an activating group) is 1. The molecule has 0 saturated heterocycles. The van der Waals surface area contributed by atoms with Gasteiger partial charge in [-0.3, -0.25) is 0 Å². The van der Waals surface area contributed by atoms with Gasteiger partial charge >= 0.3 is 0 Å². The summed E-state index contributed by atoms with van der Waals surface area (Å²) in [5.74, 6) is 0. The SMILES string of the molecule is Cc1ccc(Br)cc1S(=O)(=O)N(C)CCO. The summed E-state index contributed by atoms with van der Waals surface area (Å²) < 4.78 is 26.0. The van der Waals surface area contributed by atoms with E-state index < -0.39 is 10.0 Å². The van der Waals surface area contributed by atoms with Crippen molar-refractivity contribution >= 4 is 26.0 Å². The van der Waals surface area contributed by atoms with Gasteiger partial charge in [-0.15, -0.1) is 0 Å². The van der Waals surface area contributed by atoms with Crippen molar-refractivity contribution in [2.75, 3.05) is 20.2 Å². The predicted octanol–water partition coefficient (Wildman–Crippen LogP) is 1.37. The quantitative estimate of drug-likeness (QED) is 0.914. The van der Waals surface area contributed by atoms with Gasteiger partial charge in [-0.2, -0.15) is 4.31 Å². The Morgan fingerprint density at radius 3 is 2.62 bits per heavy atom. The Hall–Kier alpha value is -0.430. The van der Waals surface area contributed by atoms with Crippen molar-refractivity contribution in [3.05, 3.63) is 28.2 Å². The minimum Gasteiger partial charge on any atom is -0.395 e. The van der Waals surface area contributed by atoms with E-state index in [2.05, 4.69) is 15.9 Å². The zero-order valence-corrected chi connectivity index (χ0v) is 11.5. The zero-order valence-electron chi connectivity index (χ0n) is 9.14. The van der Waals surface area contributed by atoms with Crippen LogP contribution in [0.25, 0.3) is 0 Å². The second-order valence-electron chi connectivity index (χ2n) is 3.46. The summed E-state index contributed by atoms with van der Waals surface area (Å²) in [6.45, 7) is 1.64. The molecular weight excluding hydrogens is 294 g/mol. The first-order chi connectivity index (χ1) is 7.39. The summed E-state index contributed by atoms with van der Waals surface area (Å²) in [5, 5.41) is 8.76. The number of nitrogens with zero attached hydrogens (tertiary/aromatic N) is 1. The van der Waals surface area contributed by atoms with Gasteiger partial charge in [0.05, 0.1) is 11.5 Å². The Kier molecular flexibility index (Phi) is 4.49. The van der Waals surface area contributed by atoms with Crippen LogP contribution in [0, 0.1) is 6.92 Å². The molecule has 1 rings (SSSR count). The number of aliphatic hydroxyl groups excluding tert-OH is 1. The summed E-state index contributed by atoms with van der Waals surface area (Å²) in [7, 11) is -2.06. The van der Waals surface area contributed by atoms with Gasteiger partial charge in [-0.1, -0.05) is 22.0 Å². The molecule has 4 nitrogen and oxygen atoms in total. The molecule has 1 aromatic rings. The lowest BCUT2D eigenvalue weighted by Crippen LogP contribution is -2.30. The first kappa shape index (κ1) is 13.6. The normalized spacial score (nSPS) is 12.1. The average molecular weight is 308 g/mol. The highest BCUT2D eigenvalue weighted by Crippen LogP contribution is 2.22. The molecule has 0 unspecified atom stereocenters. The Balaban J connectivity index is 3.21. The molecule has 0 aromatic heterocycles. The molecule has 16 heavy (non-hydrogen) atoms. The minimum absolute atomic E-state index is 0.0916. The fraction of sp³-hybridized carbons (Fsp3) is 0.400. The Morgan fingerprint density at radius 2 is 2.06 bits per heavy atom. The van der Waals surface area contributed by atoms with Crippen LogP contribution in [0.1, 0.15) is 5.56 Å². The molecular formula is C10H14BrNO3S. The number of aryl methyl sites for hydroxylation is 1. The molecule has 0 aliphatic rings. The predicted molar refractivity (Wildman–Crippen MR) is 65.8 cm³/mol. The highest BCUT2D eigenvalue weighted by atomic mass is 79.9. The van der Waals surface area contributed by atoms with Gasteiger partial charge in [0, 0.05) is 18.1 Å². The number of hydrogen-bond donors (Lipinski definition) is 1. The van der Waals surface area contributed by atoms with E-state index in [1.165, 1.54) is 7.05 Å². The highest BCUT2D eigenvalue weighted by Gasteiger charge is 2.22. The van der Waals surface area contributed by atoms with Gasteiger partial charge in [0.15, 0.2) is 0 Å². The summed E-state index contributed by atoms with van der Waals surface area (Å²) in [6, 6.07) is 5.10. The summed E-state index contributed by atoms with van der Waals surface area (Å²) in [6.07, 6.45) is 0. The first-order valence-corrected chi connectivity index (χ1v) is 6.96. The van der Waals surface area contributed by atoms with Crippen molar-refractivity contribution in [1.82, 2.24) is 4.31 Å². The van der Waals surface area contributed by atoms with Crippen LogP contribution in [0.15, 0.2) is 27.6 Å². The Morgan fingerprint density at radius 1 is 1.44 bits per heavy atom. The third-order valence-electron chi connectivity index (χ3n) is 2.25. The average Bonchev–Trinajstić information content (AvgIpc) is 2.22. The second kappa shape index (κ2) is 5.27. The van der Waals surface area contributed by atoms with Gasteiger partial charge in [0.2, 0.25) is 10.0 Å². The van der Waals surface area contributed by atoms with Crippen molar-refractivity contribution in [2.45, 2.75) is 11.8 Å². The molecule has 0 bridgehead atoms. The van der Waals surface area contributed by atoms with Crippen LogP contribution < -0.4 is 0 Å². The molecule has 0 saturated carbocycles. The fourth-order valence-electron chi connectivity index (χ4n) is 1.28. The lowest BCUT2D eigenvalue weighted by molar-refractivity contribution is 0.266. The van der Waals surface area contributed by atoms with E-state index in [0.29, 0.717) is 10.0 Å². The number of aliphatic hydroxyl groups is 1. The molecule has 0 spiro atoms. The molecule has 1 N–H and O–H groups in total. The van der Waals surface area contributed by atoms with Crippen LogP contribution in [0.5, 0.6) is 0 Å². The number of rotatable bonds is 4. The van der Waals surface area contributed by atoms with Gasteiger partial charge < -0.3 is 5.11 Å². The maximum atomic E-state index is 12.1. The molecule has 0 radical (unpaired) electrons. The lowest BCUT2D eigenvalue weighted by Gasteiger charge is -2.17. The molecule has 0 heterocycles. The van der Waals surface area contributed by atoms with Crippen LogP contribution >= 0.6 is 15.9 Å². The molecule has 0 amide bonds. The molecule has 0 fully saturated rings. The van der Waals surface area contributed by atoms with Crippen molar-refractivity contribution in [3.63, 3.8) is 0 Å². The van der Waals surface area contributed by atoms with E-state index in [-0.39, 0.29) is 18.0 Å². The van der Waals surface area contributed by atoms with E-state index in [0.717, 1.165) is 4.31 Å². The lowest BCUT2D eigenvalue weighted by atomic mass is 10.2. The Bertz CT molecular complexity index is 473. The van der Waals surface area contributed by atoms with E-state index in [1.54, 1.807) is 25.1 Å². The van der Waals surface area contributed by atoms with Gasteiger partial charge in [-0.05, 0) is 24.6 Å². The van der Waals surface area contributed by atoms with E-state index >= 15 is 0 Å². The number of hydrogen-bond acceptors (Lipinski definition) is 3. The largest absolute Gasteiger partial charge is 0.395 e. The fourth-order valence-corrected chi connectivity index (χ4v) is 3.20. The number of sulfonamides is 1. The second-order valence-corrected chi connectivity index (χ2v) is 6.39. The molecule has 0 aliphatic heterocycles. The number of benzene rings is 1. The monoisotopic (exact) mass is 307 g/mol. The topological polar surface area (TPSA) is 57.6 Å². The maximum absolute atomic E-state index is 12.1. The van der Waals surface area contributed by atoms with Crippen molar-refractivity contribution < 1.29 is 13.5 Å². The van der Waals surface area contributed by atoms with Gasteiger partial charge in [0.1, 0.15) is 0 Å². The summed E-state index contributed by atoms with van der Waals surface area (Å²) >= 11 is 3.24. The molecule has 6 heteroatoms. The third kappa shape index (κ3) is 2.82. The minimum atomic E-state index is -3.51. The zero-order chi connectivity index (χ0) is 12.3. The van der Waals surface area contributed by atoms with Crippen molar-refractivity contribution in [2.24, 2.45) is 0 Å². The molecule has 1 aromatic carbocycles. The molecule has 0 aliphatic carbocycles. The van der Waals surface area contributed by atoms with Crippen molar-refractivity contribution in [3.8, 4) is 0 Å². The standard InChI is InChI=1S/C10H14BrNO3S/c1-8-3-4-9(11)7-10(8)16(14,15)12(2)5-6-13/h3-4,7,13H,5-6H2,1-2H3. The molecule has 0 atom stereocenters. The third-order valence-corrected chi connectivity index (χ3v) is 4.75. The van der Waals surface area contributed by atoms with E-state index in [9.17, 15) is 8.42 Å². The highest BCUT2D eigenvalue weighted by molar-refractivity contribution is 9.10. The number of halogens is 1. The maximum Gasteiger partial charge on any atom is 0.243 e. The van der Waals surface area contributed by atoms with E-state index in [1.807, 2.05) is 0 Å². The van der Waals surface area contributed by atoms with Crippen LogP contribution in [-0.4, -0.2) is 38.0 Å². The first-order valence-electron chi connectivity index (χ1n) is 4.73. The van der Waals surface area contributed by atoms with E-state index in [4.69, 9.17) is 5.11 Å². The van der Waals surface area contributed by atoms with Crippen LogP contribution in [0.3, 0.4) is 0 Å². The van der Waals surface area contributed by atoms with Crippen molar-refractivity contribution in [1.29, 1.82) is 0 Å². The van der Waals surface area contributed by atoms with Gasteiger partial charge in [-0.25, -0.2) is 8.42 Å². The van der Waals surface area contributed by atoms with Crippen LogP contribution in [0.2, 0.25) is 0 Å². The van der Waals surface area contributed by atoms with Gasteiger partial charge in [0.25, 0.3) is 0 Å². The molecule has 90 valence electrons. The van der Waals surface area contributed by atoms with Crippen LogP contribution in [-0.2, 0) is 10.0 Å². The summed E-state index contributed by atoms with van der Waals surface area (Å²) in [5.41, 5.74) is 0.688. The summed E-state index contributed by atoms with van der Waals surface area (Å²) in [4.78, 5) is 0.262. The smallest absolute Gasteiger partial charge is 0.243 e. The Labute approximate surface area is 104 Å². The van der Waals surface area contributed by atoms with Crippen LogP contribution in [0.4, 0.5) is 0 Å².